The van der Waals surface area contributed by atoms with Gasteiger partial charge < -0.3 is 18.6 Å². The van der Waals surface area contributed by atoms with Gasteiger partial charge in [-0.3, -0.25) is 0 Å². The Bertz CT molecular complexity index is 2390. The smallest absolute Gasteiger partial charge is 0.143 e. The molecule has 2 heterocycles. The number of para-hydroxylation sites is 4. The summed E-state index contributed by atoms with van der Waals surface area (Å²) < 4.78 is 17.5. The molecule has 0 unspecified atom stereocenters. The molecule has 0 saturated heterocycles. The van der Waals surface area contributed by atoms with E-state index in [0.29, 0.717) is 11.8 Å². The summed E-state index contributed by atoms with van der Waals surface area (Å²) in [6.07, 6.45) is 6.58. The van der Waals surface area contributed by atoms with Crippen LogP contribution in [0, 0.1) is 23.7 Å². The van der Waals surface area contributed by atoms with Gasteiger partial charge in [0.2, 0.25) is 0 Å². The zero-order valence-corrected chi connectivity index (χ0v) is 29.8. The van der Waals surface area contributed by atoms with Crippen LogP contribution in [-0.2, 0) is 5.41 Å². The summed E-state index contributed by atoms with van der Waals surface area (Å²) >= 11 is 0. The Hall–Kier alpha value is -5.48. The fraction of sp³-hybridized carbons (Fsp3) is 0.250. The molecule has 6 aromatic carbocycles. The van der Waals surface area contributed by atoms with Crippen LogP contribution in [0.15, 0.2) is 133 Å². The molecule has 0 radical (unpaired) electrons. The number of fused-ring (bicyclic) bond motifs is 6. The highest BCUT2D eigenvalue weighted by Gasteiger charge is 2.58. The van der Waals surface area contributed by atoms with E-state index in [1.165, 1.54) is 86.8 Å². The van der Waals surface area contributed by atoms with Crippen molar-refractivity contribution in [2.45, 2.75) is 37.5 Å². The predicted molar refractivity (Wildman–Crippen MR) is 212 cm³/mol. The Labute approximate surface area is 304 Å². The van der Waals surface area contributed by atoms with Gasteiger partial charge in [-0.05, 0) is 115 Å². The van der Waals surface area contributed by atoms with Crippen molar-refractivity contribution in [1.82, 2.24) is 9.13 Å². The Morgan fingerprint density at radius 1 is 0.442 bits per heavy atom. The van der Waals surface area contributed by atoms with Crippen LogP contribution in [0.25, 0.3) is 55.0 Å². The van der Waals surface area contributed by atoms with Gasteiger partial charge in [0.1, 0.15) is 11.5 Å². The minimum atomic E-state index is -0.118. The highest BCUT2D eigenvalue weighted by Crippen LogP contribution is 2.66. The Morgan fingerprint density at radius 3 is 1.13 bits per heavy atom. The lowest BCUT2D eigenvalue weighted by Gasteiger charge is -2.62. The SMILES string of the molecule is COc1cc(C2(c3ccc(-n4c5ccccc5c5ccccc54)c(OC)c3)C3CC4CC(C3)CC2C4)ccc1-n1c2ccccc2c2ccccc21. The number of aromatic nitrogens is 2. The van der Waals surface area contributed by atoms with Gasteiger partial charge in [0, 0.05) is 27.0 Å². The molecular weight excluding hydrogens is 637 g/mol. The van der Waals surface area contributed by atoms with Gasteiger partial charge in [0.25, 0.3) is 0 Å². The molecule has 4 heteroatoms. The Kier molecular flexibility index (Phi) is 6.53. The first-order valence-electron chi connectivity index (χ1n) is 19.0. The number of ether oxygens (including phenoxy) is 2. The molecule has 0 amide bonds. The molecule has 0 aliphatic heterocycles. The largest absolute Gasteiger partial charge is 0.495 e. The van der Waals surface area contributed by atoms with E-state index in [1.54, 1.807) is 0 Å². The Morgan fingerprint density at radius 2 is 0.788 bits per heavy atom. The molecule has 256 valence electrons. The van der Waals surface area contributed by atoms with Crippen LogP contribution in [0.5, 0.6) is 11.5 Å². The number of nitrogens with zero attached hydrogens (tertiary/aromatic N) is 2. The molecule has 4 saturated carbocycles. The van der Waals surface area contributed by atoms with Gasteiger partial charge in [-0.25, -0.2) is 0 Å². The van der Waals surface area contributed by atoms with E-state index in [0.717, 1.165) is 34.7 Å². The van der Waals surface area contributed by atoms with E-state index in [2.05, 4.69) is 143 Å². The molecule has 4 nitrogen and oxygen atoms in total. The minimum Gasteiger partial charge on any atom is -0.495 e. The van der Waals surface area contributed by atoms with Crippen molar-refractivity contribution in [3.05, 3.63) is 145 Å². The summed E-state index contributed by atoms with van der Waals surface area (Å²) in [6, 6.07) is 49.3. The third kappa shape index (κ3) is 4.04. The lowest BCUT2D eigenvalue weighted by Crippen LogP contribution is -2.56. The van der Waals surface area contributed by atoms with Crippen molar-refractivity contribution < 1.29 is 9.47 Å². The first-order valence-corrected chi connectivity index (χ1v) is 19.0. The van der Waals surface area contributed by atoms with Crippen LogP contribution in [0.2, 0.25) is 0 Å². The average Bonchev–Trinajstić information content (AvgIpc) is 3.70. The normalized spacial score (nSPS) is 21.8. The van der Waals surface area contributed by atoms with E-state index in [4.69, 9.17) is 9.47 Å². The van der Waals surface area contributed by atoms with E-state index in [-0.39, 0.29) is 5.41 Å². The molecule has 4 fully saturated rings. The van der Waals surface area contributed by atoms with Crippen molar-refractivity contribution >= 4 is 43.6 Å². The van der Waals surface area contributed by atoms with Crippen LogP contribution < -0.4 is 9.47 Å². The number of hydrogen-bond donors (Lipinski definition) is 0. The van der Waals surface area contributed by atoms with Gasteiger partial charge >= 0.3 is 0 Å². The van der Waals surface area contributed by atoms with Crippen molar-refractivity contribution in [1.29, 1.82) is 0 Å². The summed E-state index contributed by atoms with van der Waals surface area (Å²) in [4.78, 5) is 0. The van der Waals surface area contributed by atoms with Crippen molar-refractivity contribution in [3.8, 4) is 22.9 Å². The molecule has 4 aliphatic rings. The maximum Gasteiger partial charge on any atom is 0.143 e. The second kappa shape index (κ2) is 11.3. The van der Waals surface area contributed by atoms with Gasteiger partial charge in [-0.15, -0.1) is 0 Å². The van der Waals surface area contributed by atoms with Crippen LogP contribution >= 0.6 is 0 Å². The Balaban J connectivity index is 1.12. The maximum absolute atomic E-state index is 6.38. The zero-order valence-electron chi connectivity index (χ0n) is 29.8. The fourth-order valence-corrected chi connectivity index (χ4v) is 11.6. The summed E-state index contributed by atoms with van der Waals surface area (Å²) in [5.74, 6) is 4.69. The first kappa shape index (κ1) is 30.2. The third-order valence-electron chi connectivity index (χ3n) is 13.4. The monoisotopic (exact) mass is 678 g/mol. The van der Waals surface area contributed by atoms with E-state index in [9.17, 15) is 0 Å². The van der Waals surface area contributed by atoms with Crippen LogP contribution in [0.1, 0.15) is 43.2 Å². The highest BCUT2D eigenvalue weighted by molar-refractivity contribution is 6.10. The van der Waals surface area contributed by atoms with Crippen LogP contribution in [-0.4, -0.2) is 23.4 Å². The first-order chi connectivity index (χ1) is 25.7. The molecule has 0 N–H and O–H groups in total. The summed E-state index contributed by atoms with van der Waals surface area (Å²) in [6.45, 7) is 0. The standard InChI is InChI=1S/C48H42N2O2/c1-51-46-28-32(19-21-44(46)49-40-15-7-3-11-36(40)37-12-4-8-16-41(37)49)48(34-24-30-23-31(26-34)27-35(48)25-30)33-20-22-45(47(29-33)52-2)50-42-17-9-5-13-38(42)39-14-6-10-18-43(39)50/h3-22,28-31,34-35H,23-27H2,1-2H3. The molecular formula is C48H42N2O2. The fourth-order valence-electron chi connectivity index (χ4n) is 11.6. The lowest BCUT2D eigenvalue weighted by molar-refractivity contribution is -0.0419. The second-order valence-corrected chi connectivity index (χ2v) is 15.7. The quantitative estimate of drug-likeness (QED) is 0.175. The molecule has 2 aromatic heterocycles. The van der Waals surface area contributed by atoms with Gasteiger partial charge in [-0.2, -0.15) is 0 Å². The number of hydrogen-bond acceptors (Lipinski definition) is 2. The van der Waals surface area contributed by atoms with Crippen molar-refractivity contribution in [2.24, 2.45) is 23.7 Å². The van der Waals surface area contributed by atoms with Gasteiger partial charge in [0.05, 0.1) is 47.7 Å². The van der Waals surface area contributed by atoms with Crippen molar-refractivity contribution in [2.75, 3.05) is 14.2 Å². The lowest BCUT2D eigenvalue weighted by atomic mass is 9.42. The third-order valence-corrected chi connectivity index (χ3v) is 13.4. The zero-order chi connectivity index (χ0) is 34.6. The van der Waals surface area contributed by atoms with Crippen molar-refractivity contribution in [3.63, 3.8) is 0 Å². The molecule has 52 heavy (non-hydrogen) atoms. The summed E-state index contributed by atoms with van der Waals surface area (Å²) in [5.41, 5.74) is 9.61. The van der Waals surface area contributed by atoms with E-state index < -0.39 is 0 Å². The van der Waals surface area contributed by atoms with Crippen LogP contribution in [0.3, 0.4) is 0 Å². The molecule has 0 spiro atoms. The molecule has 4 bridgehead atoms. The van der Waals surface area contributed by atoms with Crippen LogP contribution in [0.4, 0.5) is 0 Å². The summed E-state index contributed by atoms with van der Waals surface area (Å²) in [5, 5.41) is 5.05. The number of benzene rings is 6. The minimum absolute atomic E-state index is 0.118. The predicted octanol–water partition coefficient (Wildman–Crippen LogP) is 11.6. The topological polar surface area (TPSA) is 28.3 Å². The number of rotatable bonds is 6. The maximum atomic E-state index is 6.38. The van der Waals surface area contributed by atoms with Gasteiger partial charge in [-0.1, -0.05) is 84.9 Å². The molecule has 0 atom stereocenters. The highest BCUT2D eigenvalue weighted by atomic mass is 16.5. The summed E-state index contributed by atoms with van der Waals surface area (Å²) in [7, 11) is 3.67. The second-order valence-electron chi connectivity index (χ2n) is 15.7. The number of methoxy groups -OCH3 is 2. The molecule has 8 aromatic rings. The average molecular weight is 679 g/mol. The molecule has 4 aliphatic carbocycles. The van der Waals surface area contributed by atoms with E-state index in [1.807, 2.05) is 14.2 Å². The van der Waals surface area contributed by atoms with Gasteiger partial charge in [0.15, 0.2) is 0 Å². The molecule has 12 rings (SSSR count). The van der Waals surface area contributed by atoms with E-state index >= 15 is 0 Å².